The maximum Gasteiger partial charge on any atom is 0.271 e. The lowest BCUT2D eigenvalue weighted by Gasteiger charge is -2.45. The predicted octanol–water partition coefficient (Wildman–Crippen LogP) is 5.08. The summed E-state index contributed by atoms with van der Waals surface area (Å²) in [7, 11) is 3.27. The third-order valence-electron chi connectivity index (χ3n) is 9.43. The molecule has 1 N–H and O–H groups in total. The fraction of sp³-hybridized carbons (Fsp3) is 0.688. The summed E-state index contributed by atoms with van der Waals surface area (Å²) in [6.07, 6.45) is 8.85. The molecule has 1 saturated carbocycles. The summed E-state index contributed by atoms with van der Waals surface area (Å²) in [5.41, 5.74) is 0.367. The zero-order chi connectivity index (χ0) is 28.4. The van der Waals surface area contributed by atoms with Crippen molar-refractivity contribution in [1.82, 2.24) is 19.7 Å². The van der Waals surface area contributed by atoms with Gasteiger partial charge in [-0.2, -0.15) is 0 Å². The summed E-state index contributed by atoms with van der Waals surface area (Å²) in [4.78, 5) is 32.8. The molecule has 5 rings (SSSR count). The molecule has 0 spiro atoms. The predicted molar refractivity (Wildman–Crippen MR) is 158 cm³/mol. The largest absolute Gasteiger partial charge is 0.496 e. The van der Waals surface area contributed by atoms with E-state index in [2.05, 4.69) is 24.1 Å². The van der Waals surface area contributed by atoms with E-state index < -0.39 is 5.54 Å². The van der Waals surface area contributed by atoms with Crippen molar-refractivity contribution >= 4 is 22.7 Å². The van der Waals surface area contributed by atoms with Crippen molar-refractivity contribution in [3.05, 3.63) is 23.9 Å². The Bertz CT molecular complexity index is 1210. The van der Waals surface area contributed by atoms with E-state index >= 15 is 0 Å². The van der Waals surface area contributed by atoms with Crippen LogP contribution in [0.3, 0.4) is 0 Å². The first-order chi connectivity index (χ1) is 19.2. The van der Waals surface area contributed by atoms with Gasteiger partial charge in [0.1, 0.15) is 22.7 Å². The molecule has 2 aromatic rings. The summed E-state index contributed by atoms with van der Waals surface area (Å²) in [6.45, 7) is 10.7. The normalized spacial score (nSPS) is 26.4. The molecule has 3 unspecified atom stereocenters. The average molecular weight is 553 g/mol. The Morgan fingerprint density at radius 3 is 2.30 bits per heavy atom. The van der Waals surface area contributed by atoms with Crippen LogP contribution in [0.15, 0.2) is 18.2 Å². The molecule has 0 bridgehead atoms. The number of amides is 2. The van der Waals surface area contributed by atoms with Crippen LogP contribution in [-0.4, -0.2) is 78.2 Å². The SMILES string of the molecule is COc1ccc(OC)c2c1cc1n2CC(C)(C(=O)NC2CCCCCC2)N(CCCN2CC(C)CC(C)C2)C1=O. The molecule has 1 aromatic carbocycles. The number of fused-ring (bicyclic) bond motifs is 3. The first-order valence-electron chi connectivity index (χ1n) is 15.3. The molecule has 220 valence electrons. The van der Waals surface area contributed by atoms with Gasteiger partial charge in [-0.25, -0.2) is 0 Å². The number of piperidine rings is 1. The minimum atomic E-state index is -1.01. The molecule has 8 heteroatoms. The van der Waals surface area contributed by atoms with E-state index in [4.69, 9.17) is 9.47 Å². The van der Waals surface area contributed by atoms with E-state index in [9.17, 15) is 9.59 Å². The zero-order valence-corrected chi connectivity index (χ0v) is 25.1. The molecule has 2 amide bonds. The number of nitrogens with one attached hydrogen (secondary N) is 1. The maximum atomic E-state index is 14.3. The molecule has 3 atom stereocenters. The molecular formula is C32H48N4O4. The number of carbonyl (C=O) groups excluding carboxylic acids is 2. The molecule has 1 aromatic heterocycles. The molecule has 40 heavy (non-hydrogen) atoms. The highest BCUT2D eigenvalue weighted by molar-refractivity contribution is 6.05. The number of benzene rings is 1. The van der Waals surface area contributed by atoms with E-state index in [1.165, 1.54) is 19.3 Å². The topological polar surface area (TPSA) is 76.0 Å². The quantitative estimate of drug-likeness (QED) is 0.463. The highest BCUT2D eigenvalue weighted by Crippen LogP contribution is 2.40. The van der Waals surface area contributed by atoms with Crippen molar-refractivity contribution in [3.63, 3.8) is 0 Å². The Morgan fingerprint density at radius 1 is 1.00 bits per heavy atom. The third-order valence-corrected chi connectivity index (χ3v) is 9.43. The number of nitrogens with zero attached hydrogens (tertiary/aromatic N) is 3. The molecule has 3 heterocycles. The Kier molecular flexibility index (Phi) is 8.64. The number of ether oxygens (including phenoxy) is 2. The Hall–Kier alpha value is -2.74. The van der Waals surface area contributed by atoms with E-state index in [-0.39, 0.29) is 17.9 Å². The van der Waals surface area contributed by atoms with Gasteiger partial charge in [-0.1, -0.05) is 39.5 Å². The van der Waals surface area contributed by atoms with E-state index in [0.29, 0.717) is 42.1 Å². The second kappa shape index (κ2) is 12.0. The Morgan fingerprint density at radius 2 is 1.65 bits per heavy atom. The van der Waals surface area contributed by atoms with Crippen LogP contribution in [0.5, 0.6) is 11.5 Å². The van der Waals surface area contributed by atoms with Crippen molar-refractivity contribution in [2.75, 3.05) is 40.4 Å². The fourth-order valence-electron chi connectivity index (χ4n) is 7.50. The molecule has 1 saturated heterocycles. The fourth-order valence-corrected chi connectivity index (χ4v) is 7.50. The second-order valence-electron chi connectivity index (χ2n) is 12.8. The number of hydrogen-bond donors (Lipinski definition) is 1. The second-order valence-corrected chi connectivity index (χ2v) is 12.8. The highest BCUT2D eigenvalue weighted by Gasteiger charge is 2.48. The van der Waals surface area contributed by atoms with Crippen LogP contribution in [0.25, 0.3) is 10.9 Å². The smallest absolute Gasteiger partial charge is 0.271 e. The van der Waals surface area contributed by atoms with Crippen LogP contribution >= 0.6 is 0 Å². The van der Waals surface area contributed by atoms with Gasteiger partial charge in [0.15, 0.2) is 0 Å². The number of hydrogen-bond acceptors (Lipinski definition) is 5. The molecule has 2 aliphatic heterocycles. The molecular weight excluding hydrogens is 504 g/mol. The average Bonchev–Trinajstić information content (AvgIpc) is 3.11. The lowest BCUT2D eigenvalue weighted by molar-refractivity contribution is -0.133. The van der Waals surface area contributed by atoms with Gasteiger partial charge < -0.3 is 29.2 Å². The van der Waals surface area contributed by atoms with Crippen LogP contribution in [0.1, 0.15) is 82.6 Å². The van der Waals surface area contributed by atoms with Crippen molar-refractivity contribution < 1.29 is 19.1 Å². The lowest BCUT2D eigenvalue weighted by Crippen LogP contribution is -2.65. The van der Waals surface area contributed by atoms with Crippen LogP contribution in [0.4, 0.5) is 0 Å². The third kappa shape index (κ3) is 5.56. The van der Waals surface area contributed by atoms with Gasteiger partial charge in [0.2, 0.25) is 5.91 Å². The monoisotopic (exact) mass is 552 g/mol. The first-order valence-corrected chi connectivity index (χ1v) is 15.3. The molecule has 8 nitrogen and oxygen atoms in total. The van der Waals surface area contributed by atoms with Gasteiger partial charge in [0.25, 0.3) is 5.91 Å². The summed E-state index contributed by atoms with van der Waals surface area (Å²) in [6, 6.07) is 5.81. The van der Waals surface area contributed by atoms with E-state index in [1.807, 2.05) is 34.6 Å². The number of carbonyl (C=O) groups is 2. The van der Waals surface area contributed by atoms with Crippen LogP contribution in [0, 0.1) is 11.8 Å². The van der Waals surface area contributed by atoms with Gasteiger partial charge in [-0.3, -0.25) is 9.59 Å². The summed E-state index contributed by atoms with van der Waals surface area (Å²) < 4.78 is 13.4. The minimum Gasteiger partial charge on any atom is -0.496 e. The molecule has 3 aliphatic rings. The zero-order valence-electron chi connectivity index (χ0n) is 25.1. The van der Waals surface area contributed by atoms with Gasteiger partial charge >= 0.3 is 0 Å². The standard InChI is InChI=1S/C32H48N4O4/c1-22-17-23(2)20-34(19-22)15-10-16-36-30(37)26-18-25-27(39-4)13-14-28(40-5)29(25)35(26)21-32(36,3)31(38)33-24-11-8-6-7-9-12-24/h13-14,18,22-24H,6-12,15-17,19-21H2,1-5H3,(H,33,38). The Labute approximate surface area is 239 Å². The molecule has 2 fully saturated rings. The van der Waals surface area contributed by atoms with Gasteiger partial charge in [0, 0.05) is 31.1 Å². The molecule has 0 radical (unpaired) electrons. The van der Waals surface area contributed by atoms with Crippen molar-refractivity contribution in [2.24, 2.45) is 11.8 Å². The Balaban J connectivity index is 1.46. The van der Waals surface area contributed by atoms with E-state index in [1.54, 1.807) is 14.2 Å². The number of methoxy groups -OCH3 is 2. The summed E-state index contributed by atoms with van der Waals surface area (Å²) >= 11 is 0. The maximum absolute atomic E-state index is 14.3. The summed E-state index contributed by atoms with van der Waals surface area (Å²) in [5.74, 6) is 2.58. The van der Waals surface area contributed by atoms with Gasteiger partial charge in [0.05, 0.1) is 26.3 Å². The van der Waals surface area contributed by atoms with Crippen molar-refractivity contribution in [3.8, 4) is 11.5 Å². The highest BCUT2D eigenvalue weighted by atomic mass is 16.5. The van der Waals surface area contributed by atoms with Crippen LogP contribution in [-0.2, 0) is 11.3 Å². The number of aromatic nitrogens is 1. The van der Waals surface area contributed by atoms with Crippen LogP contribution in [0.2, 0.25) is 0 Å². The number of rotatable bonds is 8. The van der Waals surface area contributed by atoms with Gasteiger partial charge in [-0.05, 0) is 69.2 Å². The molecule has 1 aliphatic carbocycles. The minimum absolute atomic E-state index is 0.0534. The lowest BCUT2D eigenvalue weighted by atomic mass is 9.91. The van der Waals surface area contributed by atoms with E-state index in [0.717, 1.165) is 62.6 Å². The summed E-state index contributed by atoms with van der Waals surface area (Å²) in [5, 5.41) is 4.21. The van der Waals surface area contributed by atoms with Gasteiger partial charge in [-0.15, -0.1) is 0 Å². The van der Waals surface area contributed by atoms with Crippen molar-refractivity contribution in [1.29, 1.82) is 0 Å². The van der Waals surface area contributed by atoms with Crippen molar-refractivity contribution in [2.45, 2.75) is 90.3 Å². The van der Waals surface area contributed by atoms with Crippen LogP contribution < -0.4 is 14.8 Å². The number of likely N-dealkylation sites (tertiary alicyclic amines) is 1. The first kappa shape index (κ1) is 28.8.